The van der Waals surface area contributed by atoms with Gasteiger partial charge in [0, 0.05) is 24.3 Å². The molecule has 0 radical (unpaired) electrons. The zero-order valence-corrected chi connectivity index (χ0v) is 18.0. The quantitative estimate of drug-likeness (QED) is 0.692. The summed E-state index contributed by atoms with van der Waals surface area (Å²) in [4.78, 5) is 19.2. The van der Waals surface area contributed by atoms with Crippen LogP contribution in [0, 0.1) is 5.92 Å². The zero-order chi connectivity index (χ0) is 21.9. The standard InChI is InChI=1S/C21H28N4O4S/c1-21(2)14-16(15-25(21)20(26)27)8-7-13-24(17-9-4-3-5-10-17)18-11-6-12-19(23-18)30(22,28)29/h3-6,9-12,16H,7-8,13-15H2,1-2H3,(H,26,27)(H2,22,28,29)/t16-/m0/s1. The Balaban J connectivity index is 1.75. The summed E-state index contributed by atoms with van der Waals surface area (Å²) in [5.74, 6) is 0.795. The van der Waals surface area contributed by atoms with Gasteiger partial charge < -0.3 is 14.9 Å². The Bertz CT molecular complexity index is 995. The average molecular weight is 433 g/mol. The number of likely N-dealkylation sites (tertiary alicyclic amines) is 1. The number of aromatic nitrogens is 1. The van der Waals surface area contributed by atoms with Gasteiger partial charge in [0.15, 0.2) is 5.03 Å². The minimum atomic E-state index is -3.90. The van der Waals surface area contributed by atoms with Crippen LogP contribution in [0.1, 0.15) is 33.1 Å². The molecule has 2 aromatic rings. The molecule has 1 aliphatic rings. The number of anilines is 2. The van der Waals surface area contributed by atoms with Crippen molar-refractivity contribution in [3.63, 3.8) is 0 Å². The molecular formula is C21H28N4O4S. The molecule has 0 bridgehead atoms. The maximum absolute atomic E-state index is 11.7. The number of hydrogen-bond donors (Lipinski definition) is 2. The molecular weight excluding hydrogens is 404 g/mol. The molecule has 9 heteroatoms. The van der Waals surface area contributed by atoms with E-state index in [1.807, 2.05) is 49.1 Å². The summed E-state index contributed by atoms with van der Waals surface area (Å²) in [5.41, 5.74) is 0.538. The van der Waals surface area contributed by atoms with Crippen LogP contribution in [0.25, 0.3) is 0 Å². The fraction of sp³-hybridized carbons (Fsp3) is 0.429. The van der Waals surface area contributed by atoms with Crippen LogP contribution in [0.5, 0.6) is 0 Å². The second kappa shape index (κ2) is 8.61. The van der Waals surface area contributed by atoms with E-state index in [0.29, 0.717) is 18.9 Å². The normalized spacial score (nSPS) is 18.4. The van der Waals surface area contributed by atoms with Crippen molar-refractivity contribution in [1.29, 1.82) is 0 Å². The third-order valence-electron chi connectivity index (χ3n) is 5.53. The number of para-hydroxylation sites is 1. The highest BCUT2D eigenvalue weighted by molar-refractivity contribution is 7.89. The van der Waals surface area contributed by atoms with Gasteiger partial charge in [0.25, 0.3) is 10.0 Å². The van der Waals surface area contributed by atoms with Gasteiger partial charge in [-0.3, -0.25) is 0 Å². The highest BCUT2D eigenvalue weighted by atomic mass is 32.2. The Morgan fingerprint density at radius 2 is 1.93 bits per heavy atom. The van der Waals surface area contributed by atoms with E-state index in [1.54, 1.807) is 12.1 Å². The van der Waals surface area contributed by atoms with Crippen LogP contribution in [0.15, 0.2) is 53.6 Å². The molecule has 3 rings (SSSR count). The lowest BCUT2D eigenvalue weighted by atomic mass is 9.93. The van der Waals surface area contributed by atoms with Crippen LogP contribution < -0.4 is 10.0 Å². The smallest absolute Gasteiger partial charge is 0.407 e. The molecule has 0 aliphatic carbocycles. The Morgan fingerprint density at radius 3 is 2.53 bits per heavy atom. The van der Waals surface area contributed by atoms with Gasteiger partial charge in [-0.1, -0.05) is 24.3 Å². The Hall–Kier alpha value is -2.65. The number of carboxylic acid groups (broad SMARTS) is 1. The summed E-state index contributed by atoms with van der Waals surface area (Å²) in [6, 6.07) is 14.4. The molecule has 1 aliphatic heterocycles. The third kappa shape index (κ3) is 5.09. The van der Waals surface area contributed by atoms with Crippen LogP contribution in [-0.4, -0.2) is 48.1 Å². The van der Waals surface area contributed by atoms with E-state index in [4.69, 9.17) is 5.14 Å². The van der Waals surface area contributed by atoms with E-state index in [0.717, 1.165) is 24.9 Å². The van der Waals surface area contributed by atoms with E-state index < -0.39 is 16.1 Å². The first-order chi connectivity index (χ1) is 14.1. The molecule has 1 fully saturated rings. The molecule has 162 valence electrons. The molecule has 3 N–H and O–H groups in total. The van der Waals surface area contributed by atoms with Crippen molar-refractivity contribution >= 4 is 27.6 Å². The maximum Gasteiger partial charge on any atom is 0.407 e. The van der Waals surface area contributed by atoms with Gasteiger partial charge >= 0.3 is 6.09 Å². The van der Waals surface area contributed by atoms with Gasteiger partial charge in [0.1, 0.15) is 5.82 Å². The fourth-order valence-electron chi connectivity index (χ4n) is 4.15. The molecule has 2 heterocycles. The van der Waals surface area contributed by atoms with Crippen LogP contribution >= 0.6 is 0 Å². The molecule has 1 amide bonds. The molecule has 1 atom stereocenters. The third-order valence-corrected chi connectivity index (χ3v) is 6.34. The number of carbonyl (C=O) groups is 1. The van der Waals surface area contributed by atoms with Gasteiger partial charge in [-0.2, -0.15) is 0 Å². The molecule has 8 nitrogen and oxygen atoms in total. The number of rotatable bonds is 7. The topological polar surface area (TPSA) is 117 Å². The molecule has 1 saturated heterocycles. The number of nitrogens with zero attached hydrogens (tertiary/aromatic N) is 3. The van der Waals surface area contributed by atoms with Crippen LogP contribution in [0.3, 0.4) is 0 Å². The number of benzene rings is 1. The number of amides is 1. The lowest BCUT2D eigenvalue weighted by Crippen LogP contribution is -2.41. The second-order valence-electron chi connectivity index (χ2n) is 8.28. The summed E-state index contributed by atoms with van der Waals surface area (Å²) in [5, 5.41) is 14.5. The fourth-order valence-corrected chi connectivity index (χ4v) is 4.64. The zero-order valence-electron chi connectivity index (χ0n) is 17.2. The van der Waals surface area contributed by atoms with Crippen LogP contribution in [-0.2, 0) is 10.0 Å². The summed E-state index contributed by atoms with van der Waals surface area (Å²) in [6.07, 6.45) is 1.62. The van der Waals surface area contributed by atoms with E-state index in [-0.39, 0.29) is 16.5 Å². The lowest BCUT2D eigenvalue weighted by Gasteiger charge is -2.28. The molecule has 1 aromatic heterocycles. The summed E-state index contributed by atoms with van der Waals surface area (Å²) >= 11 is 0. The predicted octanol–water partition coefficient (Wildman–Crippen LogP) is 3.43. The molecule has 0 saturated carbocycles. The largest absolute Gasteiger partial charge is 0.465 e. The van der Waals surface area contributed by atoms with Crippen molar-refractivity contribution in [3.8, 4) is 0 Å². The van der Waals surface area contributed by atoms with E-state index in [2.05, 4.69) is 4.98 Å². The van der Waals surface area contributed by atoms with Crippen molar-refractivity contribution in [2.45, 2.75) is 43.7 Å². The number of sulfonamides is 1. The van der Waals surface area contributed by atoms with Gasteiger partial charge in [-0.25, -0.2) is 23.3 Å². The van der Waals surface area contributed by atoms with Crippen LogP contribution in [0.2, 0.25) is 0 Å². The lowest BCUT2D eigenvalue weighted by molar-refractivity contribution is 0.117. The molecule has 0 unspecified atom stereocenters. The van der Waals surface area contributed by atoms with Crippen LogP contribution in [0.4, 0.5) is 16.3 Å². The number of nitrogens with two attached hydrogens (primary N) is 1. The summed E-state index contributed by atoms with van der Waals surface area (Å²) in [6.45, 7) is 5.07. The summed E-state index contributed by atoms with van der Waals surface area (Å²) < 4.78 is 23.4. The van der Waals surface area contributed by atoms with Crippen molar-refractivity contribution in [2.24, 2.45) is 11.1 Å². The Morgan fingerprint density at radius 1 is 1.23 bits per heavy atom. The average Bonchev–Trinajstić information content (AvgIpc) is 3.00. The highest BCUT2D eigenvalue weighted by Gasteiger charge is 2.40. The minimum absolute atomic E-state index is 0.171. The predicted molar refractivity (Wildman–Crippen MR) is 115 cm³/mol. The van der Waals surface area contributed by atoms with Gasteiger partial charge in [-0.05, 0) is 63.3 Å². The second-order valence-corrected chi connectivity index (χ2v) is 9.79. The monoisotopic (exact) mass is 432 g/mol. The van der Waals surface area contributed by atoms with Gasteiger partial charge in [0.2, 0.25) is 0 Å². The minimum Gasteiger partial charge on any atom is -0.465 e. The van der Waals surface area contributed by atoms with Crippen molar-refractivity contribution < 1.29 is 18.3 Å². The van der Waals surface area contributed by atoms with E-state index >= 15 is 0 Å². The molecule has 30 heavy (non-hydrogen) atoms. The Kier molecular flexibility index (Phi) is 6.33. The van der Waals surface area contributed by atoms with E-state index in [1.165, 1.54) is 11.0 Å². The van der Waals surface area contributed by atoms with Gasteiger partial charge in [0.05, 0.1) is 0 Å². The first-order valence-corrected chi connectivity index (χ1v) is 11.5. The van der Waals surface area contributed by atoms with Crippen molar-refractivity contribution in [1.82, 2.24) is 9.88 Å². The first-order valence-electron chi connectivity index (χ1n) is 9.91. The van der Waals surface area contributed by atoms with Crippen molar-refractivity contribution in [3.05, 3.63) is 48.5 Å². The Labute approximate surface area is 177 Å². The SMILES string of the molecule is CC1(C)C[C@H](CCCN(c2ccccc2)c2cccc(S(N)(=O)=O)n2)CN1C(=O)O. The highest BCUT2D eigenvalue weighted by Crippen LogP contribution is 2.35. The molecule has 0 spiro atoms. The first kappa shape index (κ1) is 22.0. The number of primary sulfonamides is 1. The molecule has 1 aromatic carbocycles. The van der Waals surface area contributed by atoms with E-state index in [9.17, 15) is 18.3 Å². The summed E-state index contributed by atoms with van der Waals surface area (Å²) in [7, 11) is -3.90. The number of pyridine rings is 1. The maximum atomic E-state index is 11.7. The van der Waals surface area contributed by atoms with Crippen molar-refractivity contribution in [2.75, 3.05) is 18.0 Å². The van der Waals surface area contributed by atoms with Gasteiger partial charge in [-0.15, -0.1) is 0 Å². The number of hydrogen-bond acceptors (Lipinski definition) is 5.